The monoisotopic (exact) mass is 364 g/mol. The predicted molar refractivity (Wildman–Crippen MR) is 108 cm³/mol. The molecule has 0 fully saturated rings. The summed E-state index contributed by atoms with van der Waals surface area (Å²) in [5.74, 6) is 1.04. The lowest BCUT2D eigenvalue weighted by Crippen LogP contribution is -2.33. The average Bonchev–Trinajstić information content (AvgIpc) is 3.14. The molecule has 2 aromatic rings. The Labute approximate surface area is 161 Å². The number of hydrogen-bond donors (Lipinski definition) is 1. The topological polar surface area (TPSA) is 41.6 Å². The van der Waals surface area contributed by atoms with Gasteiger partial charge in [0.2, 0.25) is 5.91 Å². The van der Waals surface area contributed by atoms with Gasteiger partial charge in [-0.15, -0.1) is 0 Å². The molecule has 1 aliphatic heterocycles. The van der Waals surface area contributed by atoms with E-state index < -0.39 is 0 Å². The van der Waals surface area contributed by atoms with E-state index in [2.05, 4.69) is 40.5 Å². The minimum Gasteiger partial charge on any atom is -0.494 e. The Balaban J connectivity index is 1.30. The zero-order chi connectivity index (χ0) is 18.6. The summed E-state index contributed by atoms with van der Waals surface area (Å²) in [5, 5.41) is 3.07. The van der Waals surface area contributed by atoms with Crippen LogP contribution in [0.3, 0.4) is 0 Å². The SMILES string of the molecule is CCOc1ccc2c(c1)CN(CCC(=O)Nc1ccc3c(c1)CCC3)CC2. The molecule has 0 atom stereocenters. The Kier molecular flexibility index (Phi) is 5.44. The normalized spacial score (nSPS) is 15.9. The fourth-order valence-corrected chi connectivity index (χ4v) is 4.17. The van der Waals surface area contributed by atoms with E-state index in [1.165, 1.54) is 35.1 Å². The van der Waals surface area contributed by atoms with E-state index >= 15 is 0 Å². The number of rotatable bonds is 6. The number of anilines is 1. The first-order valence-corrected chi connectivity index (χ1v) is 10.1. The minimum absolute atomic E-state index is 0.0989. The lowest BCUT2D eigenvalue weighted by atomic mass is 9.99. The summed E-state index contributed by atoms with van der Waals surface area (Å²) in [6.45, 7) is 5.38. The highest BCUT2D eigenvalue weighted by Gasteiger charge is 2.18. The second-order valence-corrected chi connectivity index (χ2v) is 7.52. The molecule has 0 saturated carbocycles. The maximum absolute atomic E-state index is 12.4. The first-order chi connectivity index (χ1) is 13.2. The zero-order valence-electron chi connectivity index (χ0n) is 16.1. The van der Waals surface area contributed by atoms with Crippen molar-refractivity contribution in [2.75, 3.05) is 25.0 Å². The zero-order valence-corrected chi connectivity index (χ0v) is 16.1. The molecular weight excluding hydrogens is 336 g/mol. The highest BCUT2D eigenvalue weighted by Crippen LogP contribution is 2.26. The summed E-state index contributed by atoms with van der Waals surface area (Å²) in [4.78, 5) is 14.7. The molecule has 1 heterocycles. The van der Waals surface area contributed by atoms with Gasteiger partial charge in [-0.05, 0) is 79.1 Å². The molecule has 4 heteroatoms. The molecule has 0 unspecified atom stereocenters. The van der Waals surface area contributed by atoms with Gasteiger partial charge in [0.1, 0.15) is 5.75 Å². The molecular formula is C23H28N2O2. The third kappa shape index (κ3) is 4.33. The van der Waals surface area contributed by atoms with Gasteiger partial charge in [-0.2, -0.15) is 0 Å². The number of hydrogen-bond acceptors (Lipinski definition) is 3. The maximum atomic E-state index is 12.4. The van der Waals surface area contributed by atoms with Gasteiger partial charge in [-0.25, -0.2) is 0 Å². The van der Waals surface area contributed by atoms with Crippen LogP contribution in [-0.4, -0.2) is 30.5 Å². The average molecular weight is 364 g/mol. The molecule has 0 aromatic heterocycles. The van der Waals surface area contributed by atoms with Crippen molar-refractivity contribution in [3.8, 4) is 5.75 Å². The number of nitrogens with one attached hydrogen (secondary N) is 1. The van der Waals surface area contributed by atoms with E-state index in [0.29, 0.717) is 13.0 Å². The van der Waals surface area contributed by atoms with Crippen molar-refractivity contribution in [2.24, 2.45) is 0 Å². The summed E-state index contributed by atoms with van der Waals surface area (Å²) in [7, 11) is 0. The number of carbonyl (C=O) groups excluding carboxylic acids is 1. The predicted octanol–water partition coefficient (Wildman–Crippen LogP) is 3.96. The van der Waals surface area contributed by atoms with Crippen LogP contribution in [0.5, 0.6) is 5.75 Å². The molecule has 142 valence electrons. The fourth-order valence-electron chi connectivity index (χ4n) is 4.17. The van der Waals surface area contributed by atoms with E-state index in [-0.39, 0.29) is 5.91 Å². The summed E-state index contributed by atoms with van der Waals surface area (Å²) in [6.07, 6.45) is 5.10. The first-order valence-electron chi connectivity index (χ1n) is 10.1. The Morgan fingerprint density at radius 1 is 1.04 bits per heavy atom. The van der Waals surface area contributed by atoms with Crippen molar-refractivity contribution in [1.82, 2.24) is 4.90 Å². The standard InChI is InChI=1S/C23H28N2O2/c1-2-27-22-9-7-18-10-12-25(16-20(18)15-22)13-11-23(26)24-21-8-6-17-4-3-5-19(17)14-21/h6-9,14-15H,2-5,10-13,16H2,1H3,(H,24,26). The molecule has 4 rings (SSSR count). The number of fused-ring (bicyclic) bond motifs is 2. The number of amides is 1. The highest BCUT2D eigenvalue weighted by atomic mass is 16.5. The van der Waals surface area contributed by atoms with Crippen molar-refractivity contribution in [3.05, 3.63) is 58.7 Å². The Morgan fingerprint density at radius 2 is 1.85 bits per heavy atom. The van der Waals surface area contributed by atoms with Crippen LogP contribution in [-0.2, 0) is 30.6 Å². The Hall–Kier alpha value is -2.33. The van der Waals surface area contributed by atoms with E-state index in [4.69, 9.17) is 4.74 Å². The van der Waals surface area contributed by atoms with Crippen LogP contribution in [0.4, 0.5) is 5.69 Å². The second kappa shape index (κ2) is 8.13. The summed E-state index contributed by atoms with van der Waals surface area (Å²) in [6, 6.07) is 12.7. The van der Waals surface area contributed by atoms with Gasteiger partial charge in [-0.1, -0.05) is 12.1 Å². The molecule has 4 nitrogen and oxygen atoms in total. The van der Waals surface area contributed by atoms with Crippen LogP contribution >= 0.6 is 0 Å². The highest BCUT2D eigenvalue weighted by molar-refractivity contribution is 5.91. The van der Waals surface area contributed by atoms with E-state index in [1.54, 1.807) is 0 Å². The number of nitrogens with zero attached hydrogens (tertiary/aromatic N) is 1. The van der Waals surface area contributed by atoms with E-state index in [1.807, 2.05) is 13.0 Å². The molecule has 2 aromatic carbocycles. The lowest BCUT2D eigenvalue weighted by Gasteiger charge is -2.28. The quantitative estimate of drug-likeness (QED) is 0.843. The van der Waals surface area contributed by atoms with E-state index in [9.17, 15) is 4.79 Å². The minimum atomic E-state index is 0.0989. The van der Waals surface area contributed by atoms with Crippen LogP contribution in [0.1, 0.15) is 42.0 Å². The van der Waals surface area contributed by atoms with Crippen molar-refractivity contribution >= 4 is 11.6 Å². The van der Waals surface area contributed by atoms with Crippen molar-refractivity contribution in [1.29, 1.82) is 0 Å². The maximum Gasteiger partial charge on any atom is 0.225 e. The van der Waals surface area contributed by atoms with Gasteiger partial charge in [0.15, 0.2) is 0 Å². The van der Waals surface area contributed by atoms with Gasteiger partial charge >= 0.3 is 0 Å². The van der Waals surface area contributed by atoms with Gasteiger partial charge in [0.05, 0.1) is 6.61 Å². The molecule has 1 N–H and O–H groups in total. The molecule has 0 radical (unpaired) electrons. The molecule has 1 aliphatic carbocycles. The van der Waals surface area contributed by atoms with Gasteiger partial charge < -0.3 is 10.1 Å². The third-order valence-corrected chi connectivity index (χ3v) is 5.62. The van der Waals surface area contributed by atoms with Gasteiger partial charge in [-0.3, -0.25) is 9.69 Å². The molecule has 27 heavy (non-hydrogen) atoms. The van der Waals surface area contributed by atoms with Gasteiger partial charge in [0.25, 0.3) is 0 Å². The molecule has 2 aliphatic rings. The second-order valence-electron chi connectivity index (χ2n) is 7.52. The number of ether oxygens (including phenoxy) is 1. The van der Waals surface area contributed by atoms with Crippen LogP contribution < -0.4 is 10.1 Å². The summed E-state index contributed by atoms with van der Waals surface area (Å²) < 4.78 is 5.62. The Bertz CT molecular complexity index is 831. The van der Waals surface area contributed by atoms with E-state index in [0.717, 1.165) is 43.9 Å². The van der Waals surface area contributed by atoms with Crippen LogP contribution in [0.25, 0.3) is 0 Å². The third-order valence-electron chi connectivity index (χ3n) is 5.62. The summed E-state index contributed by atoms with van der Waals surface area (Å²) >= 11 is 0. The molecule has 1 amide bonds. The largest absolute Gasteiger partial charge is 0.494 e. The number of aryl methyl sites for hydroxylation is 2. The van der Waals surface area contributed by atoms with Gasteiger partial charge in [0, 0.05) is 31.7 Å². The molecule has 0 bridgehead atoms. The molecule has 0 saturated heterocycles. The van der Waals surface area contributed by atoms with Crippen molar-refractivity contribution < 1.29 is 9.53 Å². The fraction of sp³-hybridized carbons (Fsp3) is 0.435. The first kappa shape index (κ1) is 18.1. The van der Waals surface area contributed by atoms with Crippen molar-refractivity contribution in [3.63, 3.8) is 0 Å². The number of benzene rings is 2. The van der Waals surface area contributed by atoms with Crippen LogP contribution in [0.15, 0.2) is 36.4 Å². The van der Waals surface area contributed by atoms with Crippen LogP contribution in [0, 0.1) is 0 Å². The number of carbonyl (C=O) groups is 1. The smallest absolute Gasteiger partial charge is 0.225 e. The van der Waals surface area contributed by atoms with Crippen molar-refractivity contribution in [2.45, 2.75) is 45.6 Å². The lowest BCUT2D eigenvalue weighted by molar-refractivity contribution is -0.116. The Morgan fingerprint density at radius 3 is 2.74 bits per heavy atom. The van der Waals surface area contributed by atoms with Crippen LogP contribution in [0.2, 0.25) is 0 Å². The summed E-state index contributed by atoms with van der Waals surface area (Å²) in [5.41, 5.74) is 6.49. The molecule has 0 spiro atoms.